The Morgan fingerprint density at radius 2 is 2.06 bits per heavy atom. The first kappa shape index (κ1) is 15.0. The Balaban J connectivity index is 3.13. The van der Waals surface area contributed by atoms with E-state index in [1.54, 1.807) is 13.0 Å². The minimum Gasteiger partial charge on any atom is -0.405 e. The van der Waals surface area contributed by atoms with E-state index in [0.717, 1.165) is 0 Å². The molecule has 0 radical (unpaired) electrons. The third-order valence-electron chi connectivity index (χ3n) is 2.35. The quantitative estimate of drug-likeness (QED) is 0.777. The second-order valence-corrected chi connectivity index (χ2v) is 4.66. The van der Waals surface area contributed by atoms with Gasteiger partial charge in [-0.3, -0.25) is 4.79 Å². The van der Waals surface area contributed by atoms with E-state index in [4.69, 9.17) is 0 Å². The maximum atomic E-state index is 12.2. The second kappa shape index (κ2) is 5.73. The van der Waals surface area contributed by atoms with Crippen LogP contribution >= 0.6 is 15.9 Å². The highest BCUT2D eigenvalue weighted by Crippen LogP contribution is 2.32. The number of benzene rings is 1. The van der Waals surface area contributed by atoms with E-state index in [1.165, 1.54) is 19.1 Å². The number of hydrogen-bond acceptors (Lipinski definition) is 2. The summed E-state index contributed by atoms with van der Waals surface area (Å²) in [6, 6.07) is 4.39. The molecule has 1 aromatic rings. The van der Waals surface area contributed by atoms with Crippen molar-refractivity contribution in [1.29, 1.82) is 0 Å². The van der Waals surface area contributed by atoms with Crippen LogP contribution < -0.4 is 4.74 Å². The van der Waals surface area contributed by atoms with Gasteiger partial charge in [0, 0.05) is 0 Å². The number of aryl methyl sites for hydroxylation is 1. The summed E-state index contributed by atoms with van der Waals surface area (Å²) in [6.07, 6.45) is -4.32. The third kappa shape index (κ3) is 4.01. The standard InChI is InChI=1S/C12H12BrF3O2/c1-3-8-4-5-9(11(13)7(2)17)6-10(8)18-12(14,15)16/h4-6,11H,3H2,1-2H3. The highest BCUT2D eigenvalue weighted by atomic mass is 79.9. The zero-order chi connectivity index (χ0) is 13.9. The van der Waals surface area contributed by atoms with E-state index in [-0.39, 0.29) is 11.5 Å². The number of carbonyl (C=O) groups excluding carboxylic acids is 1. The summed E-state index contributed by atoms with van der Waals surface area (Å²) >= 11 is 3.12. The van der Waals surface area contributed by atoms with Crippen molar-refractivity contribution in [3.05, 3.63) is 29.3 Å². The Labute approximate surface area is 111 Å². The van der Waals surface area contributed by atoms with Gasteiger partial charge in [0.05, 0.1) is 4.83 Å². The smallest absolute Gasteiger partial charge is 0.405 e. The predicted molar refractivity (Wildman–Crippen MR) is 64.9 cm³/mol. The van der Waals surface area contributed by atoms with E-state index >= 15 is 0 Å². The molecule has 0 aromatic heterocycles. The average Bonchev–Trinajstić information content (AvgIpc) is 2.25. The number of rotatable bonds is 4. The van der Waals surface area contributed by atoms with Crippen molar-refractivity contribution < 1.29 is 22.7 Å². The van der Waals surface area contributed by atoms with E-state index in [1.807, 2.05) is 0 Å². The molecule has 0 amide bonds. The zero-order valence-electron chi connectivity index (χ0n) is 9.84. The molecule has 0 saturated carbocycles. The van der Waals surface area contributed by atoms with Crippen LogP contribution in [0.15, 0.2) is 18.2 Å². The summed E-state index contributed by atoms with van der Waals surface area (Å²) in [5.41, 5.74) is 0.887. The van der Waals surface area contributed by atoms with Crippen LogP contribution in [0.3, 0.4) is 0 Å². The Bertz CT molecular complexity index is 443. The first-order valence-corrected chi connectivity index (χ1v) is 6.19. The van der Waals surface area contributed by atoms with E-state index in [9.17, 15) is 18.0 Å². The lowest BCUT2D eigenvalue weighted by Gasteiger charge is -2.15. The van der Waals surface area contributed by atoms with E-state index < -0.39 is 11.2 Å². The highest BCUT2D eigenvalue weighted by molar-refractivity contribution is 9.09. The molecule has 0 aliphatic heterocycles. The van der Waals surface area contributed by atoms with Crippen molar-refractivity contribution in [2.45, 2.75) is 31.5 Å². The molecule has 1 rings (SSSR count). The van der Waals surface area contributed by atoms with Gasteiger partial charge in [0.25, 0.3) is 0 Å². The fraction of sp³-hybridized carbons (Fsp3) is 0.417. The van der Waals surface area contributed by atoms with Crippen molar-refractivity contribution in [3.8, 4) is 5.75 Å². The largest absolute Gasteiger partial charge is 0.573 e. The highest BCUT2D eigenvalue weighted by Gasteiger charge is 2.32. The molecule has 1 aromatic carbocycles. The minimum absolute atomic E-state index is 0.183. The summed E-state index contributed by atoms with van der Waals surface area (Å²) in [5, 5.41) is 0. The number of ketones is 1. The summed E-state index contributed by atoms with van der Waals surface area (Å²) in [6.45, 7) is 3.09. The summed E-state index contributed by atoms with van der Waals surface area (Å²) < 4.78 is 40.7. The number of Topliss-reactive ketones (excluding diaryl/α,β-unsaturated/α-hetero) is 1. The number of ether oxygens (including phenoxy) is 1. The summed E-state index contributed by atoms with van der Waals surface area (Å²) in [5.74, 6) is -0.439. The number of alkyl halides is 4. The van der Waals surface area contributed by atoms with Gasteiger partial charge in [-0.05, 0) is 30.5 Å². The van der Waals surface area contributed by atoms with Crippen LogP contribution in [0.2, 0.25) is 0 Å². The van der Waals surface area contributed by atoms with Crippen LogP contribution in [-0.4, -0.2) is 12.1 Å². The van der Waals surface area contributed by atoms with Gasteiger partial charge in [0.2, 0.25) is 0 Å². The predicted octanol–water partition coefficient (Wildman–Crippen LogP) is 4.17. The van der Waals surface area contributed by atoms with Crippen LogP contribution in [0, 0.1) is 0 Å². The molecule has 18 heavy (non-hydrogen) atoms. The molecule has 100 valence electrons. The molecular formula is C12H12BrF3O2. The van der Waals surface area contributed by atoms with Crippen LogP contribution in [0.4, 0.5) is 13.2 Å². The number of halogens is 4. The maximum absolute atomic E-state index is 12.2. The number of hydrogen-bond donors (Lipinski definition) is 0. The third-order valence-corrected chi connectivity index (χ3v) is 3.52. The molecule has 0 spiro atoms. The first-order valence-electron chi connectivity index (χ1n) is 5.27. The summed E-state index contributed by atoms with van der Waals surface area (Å²) in [7, 11) is 0. The molecule has 6 heteroatoms. The van der Waals surface area contributed by atoms with Crippen LogP contribution in [0.1, 0.15) is 29.8 Å². The topological polar surface area (TPSA) is 26.3 Å². The molecule has 0 N–H and O–H groups in total. The van der Waals surface area contributed by atoms with Crippen LogP contribution in [-0.2, 0) is 11.2 Å². The Kier molecular flexibility index (Phi) is 4.78. The SMILES string of the molecule is CCc1ccc(C(Br)C(C)=O)cc1OC(F)(F)F. The Hall–Kier alpha value is -1.04. The van der Waals surface area contributed by atoms with Crippen LogP contribution in [0.25, 0.3) is 0 Å². The molecule has 0 aliphatic carbocycles. The lowest BCUT2D eigenvalue weighted by molar-refractivity contribution is -0.274. The van der Waals surface area contributed by atoms with Crippen LogP contribution in [0.5, 0.6) is 5.75 Å². The monoisotopic (exact) mass is 324 g/mol. The zero-order valence-corrected chi connectivity index (χ0v) is 11.4. The Morgan fingerprint density at radius 3 is 2.50 bits per heavy atom. The van der Waals surface area contributed by atoms with Gasteiger partial charge in [0.15, 0.2) is 0 Å². The van der Waals surface area contributed by atoms with Crippen molar-refractivity contribution >= 4 is 21.7 Å². The molecule has 0 bridgehead atoms. The molecule has 0 aliphatic rings. The van der Waals surface area contributed by atoms with Crippen molar-refractivity contribution in [3.63, 3.8) is 0 Å². The lowest BCUT2D eigenvalue weighted by Crippen LogP contribution is -2.18. The van der Waals surface area contributed by atoms with Gasteiger partial charge >= 0.3 is 6.36 Å². The average molecular weight is 325 g/mol. The van der Waals surface area contributed by atoms with Crippen molar-refractivity contribution in [2.24, 2.45) is 0 Å². The summed E-state index contributed by atoms with van der Waals surface area (Å²) in [4.78, 5) is 10.6. The van der Waals surface area contributed by atoms with Gasteiger partial charge in [-0.25, -0.2) is 0 Å². The molecular weight excluding hydrogens is 313 g/mol. The maximum Gasteiger partial charge on any atom is 0.573 e. The first-order chi connectivity index (χ1) is 8.24. The molecule has 2 nitrogen and oxygen atoms in total. The lowest BCUT2D eigenvalue weighted by atomic mass is 10.0. The Morgan fingerprint density at radius 1 is 1.44 bits per heavy atom. The van der Waals surface area contributed by atoms with Crippen molar-refractivity contribution in [1.82, 2.24) is 0 Å². The molecule has 0 heterocycles. The molecule has 0 saturated heterocycles. The van der Waals surface area contributed by atoms with Gasteiger partial charge in [-0.15, -0.1) is 13.2 Å². The van der Waals surface area contributed by atoms with E-state index in [2.05, 4.69) is 20.7 Å². The van der Waals surface area contributed by atoms with Gasteiger partial charge in [-0.1, -0.05) is 35.0 Å². The number of carbonyl (C=O) groups is 1. The van der Waals surface area contributed by atoms with E-state index in [0.29, 0.717) is 17.5 Å². The van der Waals surface area contributed by atoms with Crippen molar-refractivity contribution in [2.75, 3.05) is 0 Å². The fourth-order valence-corrected chi connectivity index (χ4v) is 1.76. The van der Waals surface area contributed by atoms with Gasteiger partial charge < -0.3 is 4.74 Å². The molecule has 0 fully saturated rings. The fourth-order valence-electron chi connectivity index (χ4n) is 1.48. The van der Waals surface area contributed by atoms with Gasteiger partial charge in [-0.2, -0.15) is 0 Å². The molecule has 1 unspecified atom stereocenters. The second-order valence-electron chi connectivity index (χ2n) is 3.74. The normalized spacial score (nSPS) is 13.2. The molecule has 1 atom stereocenters. The van der Waals surface area contributed by atoms with Gasteiger partial charge in [0.1, 0.15) is 11.5 Å². The minimum atomic E-state index is -4.74.